The molecule has 0 unspecified atom stereocenters. The number of nitro groups is 1. The second-order valence-corrected chi connectivity index (χ2v) is 7.66. The van der Waals surface area contributed by atoms with Gasteiger partial charge in [-0.05, 0) is 36.7 Å². The molecule has 0 N–H and O–H groups in total. The van der Waals surface area contributed by atoms with E-state index in [9.17, 15) is 10.1 Å². The average molecular weight is 334 g/mol. The Kier molecular flexibility index (Phi) is 3.79. The molecule has 122 valence electrons. The summed E-state index contributed by atoms with van der Waals surface area (Å²) < 4.78 is 0. The van der Waals surface area contributed by atoms with Crippen LogP contribution >= 0.6 is 11.6 Å². The van der Waals surface area contributed by atoms with Gasteiger partial charge < -0.3 is 0 Å². The summed E-state index contributed by atoms with van der Waals surface area (Å²) in [5, 5.41) is 19.7. The highest BCUT2D eigenvalue weighted by atomic mass is 35.5. The van der Waals surface area contributed by atoms with Crippen LogP contribution in [0.15, 0.2) is 28.4 Å². The van der Waals surface area contributed by atoms with Crippen molar-refractivity contribution in [2.45, 2.75) is 40.0 Å². The summed E-state index contributed by atoms with van der Waals surface area (Å²) in [6, 6.07) is 4.63. The summed E-state index contributed by atoms with van der Waals surface area (Å²) >= 11 is 5.81. The normalized spacial score (nSPS) is 30.4. The van der Waals surface area contributed by atoms with Gasteiger partial charge in [0.1, 0.15) is 5.02 Å². The lowest BCUT2D eigenvalue weighted by Crippen LogP contribution is -2.32. The molecule has 2 fully saturated rings. The molecule has 0 amide bonds. The first-order valence-corrected chi connectivity index (χ1v) is 8.18. The summed E-state index contributed by atoms with van der Waals surface area (Å²) in [5.74, 6) is 0.679. The number of nitro benzene ring substituents is 1. The standard InChI is InChI=1S/C17H20ClN3O2/c1-16(2)12-6-7-17(16,3)15(9-12)20-19-10-11-4-5-13(18)14(8-11)21(22)23/h4-5,8,10,12H,6-7,9H2,1-3H3/b19-10-,20-15+/t12-,17-/m0/s1. The summed E-state index contributed by atoms with van der Waals surface area (Å²) in [4.78, 5) is 10.4. The van der Waals surface area contributed by atoms with Crippen molar-refractivity contribution in [1.29, 1.82) is 0 Å². The predicted molar refractivity (Wildman–Crippen MR) is 92.4 cm³/mol. The zero-order valence-electron chi connectivity index (χ0n) is 13.5. The molecule has 2 aliphatic carbocycles. The molecule has 2 atom stereocenters. The van der Waals surface area contributed by atoms with E-state index in [4.69, 9.17) is 11.6 Å². The number of hydrogen-bond acceptors (Lipinski definition) is 4. The maximum absolute atomic E-state index is 10.9. The third-order valence-electron chi connectivity index (χ3n) is 6.06. The molecule has 2 bridgehead atoms. The van der Waals surface area contributed by atoms with Crippen LogP contribution in [0.4, 0.5) is 5.69 Å². The molecule has 0 aliphatic heterocycles. The van der Waals surface area contributed by atoms with Crippen LogP contribution < -0.4 is 0 Å². The number of hydrogen-bond donors (Lipinski definition) is 0. The molecule has 2 saturated carbocycles. The van der Waals surface area contributed by atoms with Gasteiger partial charge in [0.15, 0.2) is 0 Å². The Morgan fingerprint density at radius 3 is 2.70 bits per heavy atom. The molecule has 0 heterocycles. The molecule has 0 aromatic heterocycles. The third-order valence-corrected chi connectivity index (χ3v) is 6.38. The first-order chi connectivity index (χ1) is 10.8. The molecule has 6 heteroatoms. The van der Waals surface area contributed by atoms with E-state index in [1.807, 2.05) is 0 Å². The molecule has 0 saturated heterocycles. The van der Waals surface area contributed by atoms with Crippen LogP contribution in [-0.4, -0.2) is 16.8 Å². The summed E-state index contributed by atoms with van der Waals surface area (Å²) in [7, 11) is 0. The van der Waals surface area contributed by atoms with E-state index in [-0.39, 0.29) is 21.5 Å². The monoisotopic (exact) mass is 333 g/mol. The van der Waals surface area contributed by atoms with E-state index >= 15 is 0 Å². The van der Waals surface area contributed by atoms with Gasteiger partial charge in [0.2, 0.25) is 0 Å². The quantitative estimate of drug-likeness (QED) is 0.450. The molecule has 23 heavy (non-hydrogen) atoms. The number of halogens is 1. The second-order valence-electron chi connectivity index (χ2n) is 7.25. The fraction of sp³-hybridized carbons (Fsp3) is 0.529. The van der Waals surface area contributed by atoms with Crippen molar-refractivity contribution in [1.82, 2.24) is 0 Å². The molecule has 1 aromatic carbocycles. The highest BCUT2D eigenvalue weighted by Gasteiger charge is 2.59. The average Bonchev–Trinajstić information content (AvgIpc) is 2.82. The van der Waals surface area contributed by atoms with Gasteiger partial charge in [-0.3, -0.25) is 10.1 Å². The number of fused-ring (bicyclic) bond motifs is 2. The maximum Gasteiger partial charge on any atom is 0.288 e. The third kappa shape index (κ3) is 2.47. The van der Waals surface area contributed by atoms with Crippen molar-refractivity contribution in [3.63, 3.8) is 0 Å². The van der Waals surface area contributed by atoms with E-state index in [0.29, 0.717) is 11.5 Å². The fourth-order valence-electron chi connectivity index (χ4n) is 3.99. The molecule has 5 nitrogen and oxygen atoms in total. The van der Waals surface area contributed by atoms with E-state index < -0.39 is 4.92 Å². The lowest BCUT2D eigenvalue weighted by molar-refractivity contribution is -0.384. The van der Waals surface area contributed by atoms with Crippen LogP contribution in [0.1, 0.15) is 45.6 Å². The Morgan fingerprint density at radius 1 is 1.39 bits per heavy atom. The molecule has 1 aromatic rings. The predicted octanol–water partition coefficient (Wildman–Crippen LogP) is 4.87. The minimum Gasteiger partial charge on any atom is -0.258 e. The van der Waals surface area contributed by atoms with Crippen LogP contribution in [0.25, 0.3) is 0 Å². The van der Waals surface area contributed by atoms with Crippen molar-refractivity contribution in [3.8, 4) is 0 Å². The van der Waals surface area contributed by atoms with Crippen LogP contribution in [0.3, 0.4) is 0 Å². The van der Waals surface area contributed by atoms with Crippen LogP contribution in [0, 0.1) is 26.9 Å². The van der Waals surface area contributed by atoms with Gasteiger partial charge in [-0.1, -0.05) is 38.4 Å². The van der Waals surface area contributed by atoms with Crippen molar-refractivity contribution in [3.05, 3.63) is 38.9 Å². The van der Waals surface area contributed by atoms with E-state index in [2.05, 4.69) is 31.0 Å². The Bertz CT molecular complexity index is 727. The van der Waals surface area contributed by atoms with Crippen molar-refractivity contribution >= 4 is 29.2 Å². The van der Waals surface area contributed by atoms with Gasteiger partial charge in [-0.15, -0.1) is 0 Å². The smallest absolute Gasteiger partial charge is 0.258 e. The minimum absolute atomic E-state index is 0.112. The number of nitrogens with zero attached hydrogens (tertiary/aromatic N) is 3. The number of benzene rings is 1. The number of rotatable bonds is 3. The lowest BCUT2D eigenvalue weighted by atomic mass is 9.70. The Morgan fingerprint density at radius 2 is 2.13 bits per heavy atom. The molecule has 0 spiro atoms. The maximum atomic E-state index is 10.9. The zero-order valence-corrected chi connectivity index (χ0v) is 14.3. The minimum atomic E-state index is -0.495. The largest absolute Gasteiger partial charge is 0.288 e. The van der Waals surface area contributed by atoms with E-state index in [1.165, 1.54) is 18.6 Å². The van der Waals surface area contributed by atoms with Crippen molar-refractivity contribution in [2.75, 3.05) is 0 Å². The van der Waals surface area contributed by atoms with Crippen LogP contribution in [0.5, 0.6) is 0 Å². The van der Waals surface area contributed by atoms with Gasteiger partial charge in [0.05, 0.1) is 11.1 Å². The van der Waals surface area contributed by atoms with Gasteiger partial charge in [0, 0.05) is 22.8 Å². The Balaban J connectivity index is 1.83. The SMILES string of the molecule is CC1(C)[C@H]2CC[C@@]1(C)/C(=N/N=C\c1ccc(Cl)c([N+](=O)[O-])c1)C2. The summed E-state index contributed by atoms with van der Waals surface area (Å²) in [5.41, 5.74) is 2.04. The topological polar surface area (TPSA) is 67.9 Å². The van der Waals surface area contributed by atoms with Crippen LogP contribution in [-0.2, 0) is 0 Å². The molecule has 3 rings (SSSR count). The summed E-state index contributed by atoms with van der Waals surface area (Å²) in [6.07, 6.45) is 4.97. The molecular formula is C17H20ClN3O2. The van der Waals surface area contributed by atoms with Crippen molar-refractivity contribution < 1.29 is 4.92 Å². The van der Waals surface area contributed by atoms with Gasteiger partial charge in [-0.2, -0.15) is 10.2 Å². The van der Waals surface area contributed by atoms with Crippen molar-refractivity contribution in [2.24, 2.45) is 27.0 Å². The van der Waals surface area contributed by atoms with Gasteiger partial charge >= 0.3 is 0 Å². The highest BCUT2D eigenvalue weighted by Crippen LogP contribution is 2.63. The van der Waals surface area contributed by atoms with Gasteiger partial charge in [-0.25, -0.2) is 0 Å². The van der Waals surface area contributed by atoms with E-state index in [0.717, 1.165) is 18.6 Å². The van der Waals surface area contributed by atoms with E-state index in [1.54, 1.807) is 12.3 Å². The van der Waals surface area contributed by atoms with Crippen LogP contribution in [0.2, 0.25) is 5.02 Å². The lowest BCUT2D eigenvalue weighted by Gasteiger charge is -2.34. The molecular weight excluding hydrogens is 314 g/mol. The fourth-order valence-corrected chi connectivity index (χ4v) is 4.18. The molecule has 0 radical (unpaired) electrons. The van der Waals surface area contributed by atoms with Gasteiger partial charge in [0.25, 0.3) is 5.69 Å². The Hall–Kier alpha value is -1.75. The first-order valence-electron chi connectivity index (χ1n) is 7.80. The summed E-state index contributed by atoms with van der Waals surface area (Å²) in [6.45, 7) is 6.92. The molecule has 2 aliphatic rings. The zero-order chi connectivity index (χ0) is 16.8. The second kappa shape index (κ2) is 5.41. The highest BCUT2D eigenvalue weighted by molar-refractivity contribution is 6.32. The Labute approximate surface area is 140 Å². The first kappa shape index (κ1) is 16.1.